The molecular weight excluding hydrogens is 216 g/mol. The maximum absolute atomic E-state index is 4.42. The lowest BCUT2D eigenvalue weighted by Crippen LogP contribution is -2.14. The molecule has 0 aliphatic rings. The molecule has 0 saturated heterocycles. The van der Waals surface area contributed by atoms with Crippen molar-refractivity contribution in [2.45, 2.75) is 53.0 Å². The molecule has 0 aromatic carbocycles. The van der Waals surface area contributed by atoms with Crippen molar-refractivity contribution in [3.63, 3.8) is 0 Å². The molecule has 1 N–H and O–H groups in total. The van der Waals surface area contributed by atoms with E-state index < -0.39 is 0 Å². The summed E-state index contributed by atoms with van der Waals surface area (Å²) in [5.74, 6) is 1.37. The van der Waals surface area contributed by atoms with Crippen LogP contribution in [0.5, 0.6) is 0 Å². The molecule has 2 nitrogen and oxygen atoms in total. The molecule has 1 rings (SSSR count). The fraction of sp³-hybridized carbons (Fsp3) is 0.769. The molecule has 0 aliphatic carbocycles. The molecule has 0 amide bonds. The lowest BCUT2D eigenvalue weighted by molar-refractivity contribution is 0.528. The molecule has 0 fully saturated rings. The molecule has 3 heteroatoms. The standard InChI is InChI=1S/C13H24N2S/c1-10(2)6-5-7-14-8-12-9-15-13(16-12)11(3)4/h9-11,14H,5-8H2,1-4H3. The number of hydrogen-bond donors (Lipinski definition) is 1. The average Bonchev–Trinajstić information content (AvgIpc) is 2.65. The number of nitrogens with zero attached hydrogens (tertiary/aromatic N) is 1. The van der Waals surface area contributed by atoms with Gasteiger partial charge in [0.1, 0.15) is 0 Å². The van der Waals surface area contributed by atoms with Gasteiger partial charge in [-0.3, -0.25) is 0 Å². The summed E-state index contributed by atoms with van der Waals surface area (Å²) in [5, 5.41) is 4.73. The van der Waals surface area contributed by atoms with Gasteiger partial charge in [0.25, 0.3) is 0 Å². The van der Waals surface area contributed by atoms with Gasteiger partial charge in [0.2, 0.25) is 0 Å². The van der Waals surface area contributed by atoms with E-state index in [0.717, 1.165) is 19.0 Å². The van der Waals surface area contributed by atoms with E-state index in [0.29, 0.717) is 5.92 Å². The van der Waals surface area contributed by atoms with Crippen LogP contribution in [0.2, 0.25) is 0 Å². The average molecular weight is 240 g/mol. The Balaban J connectivity index is 2.17. The first-order valence-electron chi connectivity index (χ1n) is 6.25. The zero-order chi connectivity index (χ0) is 12.0. The molecule has 0 bridgehead atoms. The van der Waals surface area contributed by atoms with Crippen molar-refractivity contribution >= 4 is 11.3 Å². The molecule has 1 aromatic rings. The van der Waals surface area contributed by atoms with Gasteiger partial charge >= 0.3 is 0 Å². The first-order chi connectivity index (χ1) is 7.59. The summed E-state index contributed by atoms with van der Waals surface area (Å²) in [6, 6.07) is 0. The predicted molar refractivity (Wildman–Crippen MR) is 72.0 cm³/mol. The Kier molecular flexibility index (Phi) is 5.99. The summed E-state index contributed by atoms with van der Waals surface area (Å²) in [7, 11) is 0. The fourth-order valence-electron chi connectivity index (χ4n) is 1.52. The molecule has 1 heterocycles. The van der Waals surface area contributed by atoms with E-state index in [1.807, 2.05) is 17.5 Å². The number of nitrogens with one attached hydrogen (secondary N) is 1. The summed E-state index contributed by atoms with van der Waals surface area (Å²) in [5.41, 5.74) is 0. The molecule has 1 aromatic heterocycles. The van der Waals surface area contributed by atoms with Crippen LogP contribution in [0.1, 0.15) is 56.3 Å². The molecule has 16 heavy (non-hydrogen) atoms. The van der Waals surface area contributed by atoms with Crippen molar-refractivity contribution < 1.29 is 0 Å². The van der Waals surface area contributed by atoms with E-state index in [9.17, 15) is 0 Å². The van der Waals surface area contributed by atoms with Gasteiger partial charge < -0.3 is 5.32 Å². The van der Waals surface area contributed by atoms with Crippen molar-refractivity contribution in [2.75, 3.05) is 6.54 Å². The van der Waals surface area contributed by atoms with Crippen LogP contribution in [0.4, 0.5) is 0 Å². The summed E-state index contributed by atoms with van der Waals surface area (Å²) >= 11 is 1.83. The first kappa shape index (κ1) is 13.7. The maximum atomic E-state index is 4.42. The largest absolute Gasteiger partial charge is 0.312 e. The van der Waals surface area contributed by atoms with Crippen LogP contribution in [0.15, 0.2) is 6.20 Å². The van der Waals surface area contributed by atoms with Crippen LogP contribution in [0, 0.1) is 5.92 Å². The lowest BCUT2D eigenvalue weighted by Gasteiger charge is -2.05. The summed E-state index contributed by atoms with van der Waals surface area (Å²) in [6.07, 6.45) is 4.59. The Morgan fingerprint density at radius 2 is 2.06 bits per heavy atom. The van der Waals surface area contributed by atoms with Crippen LogP contribution in [-0.4, -0.2) is 11.5 Å². The molecule has 0 unspecified atom stereocenters. The Bertz CT molecular complexity index is 292. The topological polar surface area (TPSA) is 24.9 Å². The first-order valence-corrected chi connectivity index (χ1v) is 7.06. The zero-order valence-corrected chi connectivity index (χ0v) is 11.7. The second kappa shape index (κ2) is 7.02. The highest BCUT2D eigenvalue weighted by atomic mass is 32.1. The van der Waals surface area contributed by atoms with Gasteiger partial charge in [0.15, 0.2) is 0 Å². The Hall–Kier alpha value is -0.410. The van der Waals surface area contributed by atoms with Gasteiger partial charge in [0, 0.05) is 23.5 Å². The van der Waals surface area contributed by atoms with E-state index >= 15 is 0 Å². The predicted octanol–water partition coefficient (Wildman–Crippen LogP) is 3.79. The summed E-state index contributed by atoms with van der Waals surface area (Å²) in [4.78, 5) is 5.78. The number of aromatic nitrogens is 1. The fourth-order valence-corrected chi connectivity index (χ4v) is 2.41. The minimum absolute atomic E-state index is 0.555. The van der Waals surface area contributed by atoms with Gasteiger partial charge in [-0.2, -0.15) is 0 Å². The van der Waals surface area contributed by atoms with Crippen LogP contribution in [0.3, 0.4) is 0 Å². The maximum Gasteiger partial charge on any atom is 0.0953 e. The van der Waals surface area contributed by atoms with E-state index in [1.54, 1.807) is 0 Å². The Morgan fingerprint density at radius 3 is 2.62 bits per heavy atom. The third kappa shape index (κ3) is 5.08. The van der Waals surface area contributed by atoms with Crippen molar-refractivity contribution in [2.24, 2.45) is 5.92 Å². The van der Waals surface area contributed by atoms with E-state index in [-0.39, 0.29) is 0 Å². The third-order valence-electron chi connectivity index (χ3n) is 2.50. The van der Waals surface area contributed by atoms with Crippen molar-refractivity contribution in [3.05, 3.63) is 16.1 Å². The molecule has 0 spiro atoms. The van der Waals surface area contributed by atoms with Gasteiger partial charge in [-0.05, 0) is 25.3 Å². The quantitative estimate of drug-likeness (QED) is 0.733. The minimum Gasteiger partial charge on any atom is -0.312 e. The third-order valence-corrected chi connectivity index (χ3v) is 3.80. The molecule has 0 radical (unpaired) electrons. The highest BCUT2D eigenvalue weighted by Crippen LogP contribution is 2.20. The van der Waals surface area contributed by atoms with Gasteiger partial charge in [0.05, 0.1) is 5.01 Å². The highest BCUT2D eigenvalue weighted by Gasteiger charge is 2.05. The minimum atomic E-state index is 0.555. The van der Waals surface area contributed by atoms with E-state index in [4.69, 9.17) is 0 Å². The van der Waals surface area contributed by atoms with E-state index in [2.05, 4.69) is 38.0 Å². The number of hydrogen-bond acceptors (Lipinski definition) is 3. The van der Waals surface area contributed by atoms with Gasteiger partial charge in [-0.1, -0.05) is 27.7 Å². The van der Waals surface area contributed by atoms with Crippen molar-refractivity contribution in [3.8, 4) is 0 Å². The number of thiazole rings is 1. The van der Waals surface area contributed by atoms with Gasteiger partial charge in [-0.25, -0.2) is 4.98 Å². The Labute approximate surface area is 103 Å². The smallest absolute Gasteiger partial charge is 0.0953 e. The van der Waals surface area contributed by atoms with Gasteiger partial charge in [-0.15, -0.1) is 11.3 Å². The molecule has 0 atom stereocenters. The summed E-state index contributed by atoms with van der Waals surface area (Å²) in [6.45, 7) is 11.0. The Morgan fingerprint density at radius 1 is 1.31 bits per heavy atom. The van der Waals surface area contributed by atoms with Crippen LogP contribution in [-0.2, 0) is 6.54 Å². The normalized spacial score (nSPS) is 11.6. The SMILES string of the molecule is CC(C)CCCNCc1cnc(C(C)C)s1. The molecule has 0 aliphatic heterocycles. The number of rotatable bonds is 7. The monoisotopic (exact) mass is 240 g/mol. The second-order valence-corrected chi connectivity index (χ2v) is 6.18. The summed E-state index contributed by atoms with van der Waals surface area (Å²) < 4.78 is 0. The molecule has 92 valence electrons. The van der Waals surface area contributed by atoms with Crippen LogP contribution < -0.4 is 5.32 Å². The van der Waals surface area contributed by atoms with Crippen molar-refractivity contribution in [1.82, 2.24) is 10.3 Å². The van der Waals surface area contributed by atoms with E-state index in [1.165, 1.54) is 22.7 Å². The van der Waals surface area contributed by atoms with Crippen molar-refractivity contribution in [1.29, 1.82) is 0 Å². The lowest BCUT2D eigenvalue weighted by atomic mass is 10.1. The molecule has 0 saturated carbocycles. The zero-order valence-electron chi connectivity index (χ0n) is 10.9. The van der Waals surface area contributed by atoms with Crippen LogP contribution in [0.25, 0.3) is 0 Å². The highest BCUT2D eigenvalue weighted by molar-refractivity contribution is 7.11. The second-order valence-electron chi connectivity index (χ2n) is 5.03. The van der Waals surface area contributed by atoms with Crippen LogP contribution >= 0.6 is 11.3 Å². The molecular formula is C13H24N2S.